The first-order valence-corrected chi connectivity index (χ1v) is 11.8. The molecule has 0 atom stereocenters. The van der Waals surface area contributed by atoms with E-state index in [1.807, 2.05) is 0 Å². The fourth-order valence-corrected chi connectivity index (χ4v) is 5.62. The molecule has 1 aliphatic heterocycles. The lowest BCUT2D eigenvalue weighted by Crippen LogP contribution is -2.45. The number of nitrogens with zero attached hydrogens (tertiary/aromatic N) is 2. The van der Waals surface area contributed by atoms with Crippen LogP contribution < -0.4 is 9.04 Å². The van der Waals surface area contributed by atoms with Crippen molar-refractivity contribution < 1.29 is 17.9 Å². The van der Waals surface area contributed by atoms with E-state index in [0.29, 0.717) is 13.1 Å². The summed E-state index contributed by atoms with van der Waals surface area (Å²) in [6.07, 6.45) is 2.89. The van der Waals surface area contributed by atoms with Gasteiger partial charge in [-0.15, -0.1) is 0 Å². The van der Waals surface area contributed by atoms with Crippen LogP contribution in [0.15, 0.2) is 41.3 Å². The second kappa shape index (κ2) is 9.45. The van der Waals surface area contributed by atoms with Gasteiger partial charge in [0.2, 0.25) is 5.91 Å². The van der Waals surface area contributed by atoms with Crippen molar-refractivity contribution in [1.82, 2.24) is 4.90 Å². The third-order valence-electron chi connectivity index (χ3n) is 5.01. The van der Waals surface area contributed by atoms with Crippen LogP contribution in [0.1, 0.15) is 24.8 Å². The van der Waals surface area contributed by atoms with Crippen molar-refractivity contribution in [3.05, 3.63) is 52.0 Å². The zero-order valence-corrected chi connectivity index (χ0v) is 19.2. The van der Waals surface area contributed by atoms with Gasteiger partial charge >= 0.3 is 0 Å². The average Bonchev–Trinajstić information content (AvgIpc) is 2.71. The van der Waals surface area contributed by atoms with Crippen LogP contribution in [0.4, 0.5) is 5.69 Å². The first-order chi connectivity index (χ1) is 14.2. The Balaban J connectivity index is 2.08. The number of carbonyl (C=O) groups is 1. The Morgan fingerprint density at radius 2 is 1.70 bits per heavy atom. The number of sulfonamides is 1. The van der Waals surface area contributed by atoms with Gasteiger partial charge in [0.25, 0.3) is 10.0 Å². The molecule has 1 fully saturated rings. The summed E-state index contributed by atoms with van der Waals surface area (Å²) < 4.78 is 33.7. The van der Waals surface area contributed by atoms with Crippen LogP contribution in [-0.4, -0.2) is 46.0 Å². The lowest BCUT2D eigenvalue weighted by atomic mass is 10.1. The third-order valence-corrected chi connectivity index (χ3v) is 7.24. The van der Waals surface area contributed by atoms with Gasteiger partial charge in [0.1, 0.15) is 17.2 Å². The maximum atomic E-state index is 13.7. The largest absolute Gasteiger partial charge is 0.495 e. The molecule has 0 radical (unpaired) electrons. The molecule has 2 aromatic carbocycles. The topological polar surface area (TPSA) is 66.9 Å². The van der Waals surface area contributed by atoms with E-state index in [9.17, 15) is 13.2 Å². The molecule has 0 N–H and O–H groups in total. The summed E-state index contributed by atoms with van der Waals surface area (Å²) in [5.41, 5.74) is 0.974. The number of rotatable bonds is 6. The van der Waals surface area contributed by atoms with Crippen LogP contribution in [0, 0.1) is 6.92 Å². The maximum Gasteiger partial charge on any atom is 0.268 e. The maximum absolute atomic E-state index is 13.7. The minimum Gasteiger partial charge on any atom is -0.495 e. The van der Waals surface area contributed by atoms with Crippen molar-refractivity contribution in [3.8, 4) is 5.75 Å². The molecule has 6 nitrogen and oxygen atoms in total. The van der Waals surface area contributed by atoms with Crippen LogP contribution in [0.3, 0.4) is 0 Å². The fraction of sp³-hybridized carbons (Fsp3) is 0.381. The monoisotopic (exact) mass is 470 g/mol. The second-order valence-electron chi connectivity index (χ2n) is 7.24. The molecular formula is C21H24Cl2N2O4S. The lowest BCUT2D eigenvalue weighted by molar-refractivity contribution is -0.130. The summed E-state index contributed by atoms with van der Waals surface area (Å²) in [7, 11) is -2.74. The fourth-order valence-electron chi connectivity index (χ4n) is 3.47. The van der Waals surface area contributed by atoms with Crippen molar-refractivity contribution >= 4 is 44.8 Å². The molecule has 0 spiro atoms. The van der Waals surface area contributed by atoms with Crippen LogP contribution in [0.2, 0.25) is 10.0 Å². The van der Waals surface area contributed by atoms with E-state index in [1.54, 1.807) is 24.0 Å². The standard InChI is InChI=1S/C21H24Cl2N2O4S/c1-15-6-7-19(29-2)20(10-15)30(27,28)25(18-12-16(22)11-17(23)13-18)14-21(26)24-8-4-3-5-9-24/h6-7,10-13H,3-5,8-9,14H2,1-2H3. The molecule has 9 heteroatoms. The number of hydrogen-bond acceptors (Lipinski definition) is 4. The Labute approximate surface area is 187 Å². The Bertz CT molecular complexity index is 1020. The van der Waals surface area contributed by atoms with Crippen molar-refractivity contribution in [2.45, 2.75) is 31.1 Å². The molecular weight excluding hydrogens is 447 g/mol. The molecule has 1 aliphatic rings. The number of hydrogen-bond donors (Lipinski definition) is 0. The highest BCUT2D eigenvalue weighted by atomic mass is 35.5. The molecule has 1 saturated heterocycles. The van der Waals surface area contributed by atoms with E-state index >= 15 is 0 Å². The van der Waals surface area contributed by atoms with Gasteiger partial charge in [-0.2, -0.15) is 0 Å². The number of anilines is 1. The molecule has 0 bridgehead atoms. The van der Waals surface area contributed by atoms with E-state index < -0.39 is 10.0 Å². The van der Waals surface area contributed by atoms with Crippen molar-refractivity contribution in [3.63, 3.8) is 0 Å². The van der Waals surface area contributed by atoms with E-state index in [1.165, 1.54) is 31.4 Å². The van der Waals surface area contributed by atoms with E-state index in [0.717, 1.165) is 29.1 Å². The van der Waals surface area contributed by atoms with Crippen molar-refractivity contribution in [1.29, 1.82) is 0 Å². The Morgan fingerprint density at radius 1 is 1.07 bits per heavy atom. The molecule has 1 heterocycles. The summed E-state index contributed by atoms with van der Waals surface area (Å²) in [5, 5.41) is 0.554. The number of piperidine rings is 1. The number of likely N-dealkylation sites (tertiary alicyclic amines) is 1. The molecule has 0 aromatic heterocycles. The Kier molecular flexibility index (Phi) is 7.16. The molecule has 0 aliphatic carbocycles. The summed E-state index contributed by atoms with van der Waals surface area (Å²) in [4.78, 5) is 14.7. The van der Waals surface area contributed by atoms with Crippen LogP contribution in [0.25, 0.3) is 0 Å². The van der Waals surface area contributed by atoms with Gasteiger partial charge < -0.3 is 9.64 Å². The number of carbonyl (C=O) groups excluding carboxylic acids is 1. The zero-order chi connectivity index (χ0) is 21.9. The van der Waals surface area contributed by atoms with E-state index in [4.69, 9.17) is 27.9 Å². The zero-order valence-electron chi connectivity index (χ0n) is 16.9. The molecule has 30 heavy (non-hydrogen) atoms. The highest BCUT2D eigenvalue weighted by Crippen LogP contribution is 2.33. The number of halogens is 2. The number of amides is 1. The summed E-state index contributed by atoms with van der Waals surface area (Å²) in [6, 6.07) is 9.36. The van der Waals surface area contributed by atoms with E-state index in [-0.39, 0.29) is 38.8 Å². The molecule has 0 saturated carbocycles. The van der Waals surface area contributed by atoms with Crippen LogP contribution >= 0.6 is 23.2 Å². The van der Waals surface area contributed by atoms with Gasteiger partial charge in [0, 0.05) is 23.1 Å². The predicted octanol–water partition coefficient (Wildman–Crippen LogP) is 4.52. The first kappa shape index (κ1) is 22.7. The minimum atomic E-state index is -4.14. The molecule has 2 aromatic rings. The summed E-state index contributed by atoms with van der Waals surface area (Å²) in [5.74, 6) is -0.0647. The van der Waals surface area contributed by atoms with Gasteiger partial charge in [0.05, 0.1) is 12.8 Å². The molecule has 3 rings (SSSR count). The normalized spacial score (nSPS) is 14.5. The van der Waals surface area contributed by atoms with Gasteiger partial charge in [-0.05, 0) is 62.1 Å². The molecule has 1 amide bonds. The van der Waals surface area contributed by atoms with E-state index in [2.05, 4.69) is 0 Å². The number of aryl methyl sites for hydroxylation is 1. The quantitative estimate of drug-likeness (QED) is 0.622. The second-order valence-corrected chi connectivity index (χ2v) is 9.94. The first-order valence-electron chi connectivity index (χ1n) is 9.63. The van der Waals surface area contributed by atoms with Gasteiger partial charge in [-0.25, -0.2) is 8.42 Å². The lowest BCUT2D eigenvalue weighted by Gasteiger charge is -2.31. The van der Waals surface area contributed by atoms with Gasteiger partial charge in [0.15, 0.2) is 0 Å². The van der Waals surface area contributed by atoms with Gasteiger partial charge in [-0.1, -0.05) is 29.3 Å². The highest BCUT2D eigenvalue weighted by molar-refractivity contribution is 7.93. The van der Waals surface area contributed by atoms with Gasteiger partial charge in [-0.3, -0.25) is 9.10 Å². The van der Waals surface area contributed by atoms with Crippen molar-refractivity contribution in [2.75, 3.05) is 31.0 Å². The average molecular weight is 471 g/mol. The highest BCUT2D eigenvalue weighted by Gasteiger charge is 2.32. The SMILES string of the molecule is COc1ccc(C)cc1S(=O)(=O)N(CC(=O)N1CCCCC1)c1cc(Cl)cc(Cl)c1. The molecule has 0 unspecified atom stereocenters. The number of ether oxygens (including phenoxy) is 1. The smallest absolute Gasteiger partial charge is 0.268 e. The van der Waals surface area contributed by atoms with Crippen LogP contribution in [0.5, 0.6) is 5.75 Å². The summed E-state index contributed by atoms with van der Waals surface area (Å²) in [6.45, 7) is 2.68. The predicted molar refractivity (Wildman–Crippen MR) is 119 cm³/mol. The summed E-state index contributed by atoms with van der Waals surface area (Å²) >= 11 is 12.3. The Morgan fingerprint density at radius 3 is 2.30 bits per heavy atom. The number of methoxy groups -OCH3 is 1. The molecule has 162 valence electrons. The van der Waals surface area contributed by atoms with Crippen LogP contribution in [-0.2, 0) is 14.8 Å². The third kappa shape index (κ3) is 5.02. The van der Waals surface area contributed by atoms with Crippen molar-refractivity contribution in [2.24, 2.45) is 0 Å². The number of benzene rings is 2. The Hall–Kier alpha value is -1.96. The minimum absolute atomic E-state index is 0.0208.